The van der Waals surface area contributed by atoms with Crippen molar-refractivity contribution in [3.63, 3.8) is 0 Å². The highest BCUT2D eigenvalue weighted by Gasteiger charge is 2.13. The zero-order valence-electron chi connectivity index (χ0n) is 14.4. The maximum absolute atomic E-state index is 12.1. The highest BCUT2D eigenvalue weighted by Crippen LogP contribution is 2.20. The largest absolute Gasteiger partial charge is 0.339 e. The highest BCUT2D eigenvalue weighted by atomic mass is 35.5. The minimum atomic E-state index is -0.163. The molecule has 1 amide bonds. The monoisotopic (exact) mass is 391 g/mol. The number of benzene rings is 1. The Bertz CT molecular complexity index is 875. The Labute approximate surface area is 159 Å². The van der Waals surface area contributed by atoms with Crippen molar-refractivity contribution in [2.24, 2.45) is 5.92 Å². The average Bonchev–Trinajstić information content (AvgIpc) is 3.23. The van der Waals surface area contributed by atoms with Crippen molar-refractivity contribution in [1.29, 1.82) is 0 Å². The fourth-order valence-corrected chi connectivity index (χ4v) is 3.30. The van der Waals surface area contributed by atoms with E-state index in [1.807, 2.05) is 12.1 Å². The molecule has 7 nitrogen and oxygen atoms in total. The third-order valence-corrected chi connectivity index (χ3v) is 4.55. The molecule has 0 atom stereocenters. The second-order valence-corrected chi connectivity index (χ2v) is 7.66. The number of carbonyl (C=O) groups is 1. The molecule has 3 aromatic rings. The summed E-state index contributed by atoms with van der Waals surface area (Å²) in [7, 11) is 0. The second kappa shape index (κ2) is 8.37. The van der Waals surface area contributed by atoms with E-state index >= 15 is 0 Å². The van der Waals surface area contributed by atoms with Gasteiger partial charge in [-0.25, -0.2) is 0 Å². The van der Waals surface area contributed by atoms with Gasteiger partial charge in [0.05, 0.1) is 0 Å². The molecule has 0 radical (unpaired) electrons. The first-order valence-electron chi connectivity index (χ1n) is 8.20. The molecule has 3 rings (SSSR count). The Hall–Kier alpha value is -2.32. The van der Waals surface area contributed by atoms with E-state index in [4.69, 9.17) is 16.1 Å². The smallest absolute Gasteiger partial charge is 0.227 e. The molecule has 2 aromatic heterocycles. The molecule has 136 valence electrons. The fraction of sp³-hybridized carbons (Fsp3) is 0.353. The van der Waals surface area contributed by atoms with Crippen LogP contribution in [0.4, 0.5) is 5.13 Å². The average molecular weight is 392 g/mol. The van der Waals surface area contributed by atoms with Crippen LogP contribution in [0.2, 0.25) is 5.02 Å². The van der Waals surface area contributed by atoms with Crippen LogP contribution in [0.1, 0.15) is 31.2 Å². The molecular formula is C17H18ClN5O2S. The lowest BCUT2D eigenvalue weighted by Crippen LogP contribution is -2.12. The summed E-state index contributed by atoms with van der Waals surface area (Å²) in [5.74, 6) is 1.21. The summed E-state index contributed by atoms with van der Waals surface area (Å²) >= 11 is 7.26. The Balaban J connectivity index is 1.52. The molecule has 9 heteroatoms. The summed E-state index contributed by atoms with van der Waals surface area (Å²) in [4.78, 5) is 16.4. The first-order chi connectivity index (χ1) is 12.5. The first kappa shape index (κ1) is 18.5. The minimum absolute atomic E-state index is 0.163. The number of aromatic nitrogens is 4. The highest BCUT2D eigenvalue weighted by molar-refractivity contribution is 7.15. The molecule has 0 unspecified atom stereocenters. The number of hydrogen-bond acceptors (Lipinski definition) is 7. The van der Waals surface area contributed by atoms with Gasteiger partial charge in [-0.2, -0.15) is 4.98 Å². The van der Waals surface area contributed by atoms with Crippen LogP contribution in [0, 0.1) is 5.92 Å². The van der Waals surface area contributed by atoms with Crippen molar-refractivity contribution in [3.8, 4) is 11.4 Å². The molecule has 1 N–H and O–H groups in total. The standard InChI is InChI=1S/C17H18ClN5O2S/c1-10(2)9-15-21-22-17(26-15)19-13(24)7-8-14-20-16(23-25-14)11-3-5-12(18)6-4-11/h3-6,10H,7-9H2,1-2H3,(H,19,22,24). The number of hydrogen-bond donors (Lipinski definition) is 1. The Kier molecular flexibility index (Phi) is 5.95. The maximum Gasteiger partial charge on any atom is 0.227 e. The van der Waals surface area contributed by atoms with E-state index in [9.17, 15) is 4.79 Å². The molecule has 26 heavy (non-hydrogen) atoms. The van der Waals surface area contributed by atoms with E-state index in [0.29, 0.717) is 34.2 Å². The third-order valence-electron chi connectivity index (χ3n) is 3.43. The maximum atomic E-state index is 12.1. The van der Waals surface area contributed by atoms with Gasteiger partial charge >= 0.3 is 0 Å². The van der Waals surface area contributed by atoms with Crippen LogP contribution in [0.15, 0.2) is 28.8 Å². The third kappa shape index (κ3) is 5.09. The Morgan fingerprint density at radius 2 is 2.04 bits per heavy atom. The van der Waals surface area contributed by atoms with Crippen LogP contribution in [0.25, 0.3) is 11.4 Å². The van der Waals surface area contributed by atoms with Gasteiger partial charge in [-0.3, -0.25) is 4.79 Å². The quantitative estimate of drug-likeness (QED) is 0.653. The Morgan fingerprint density at radius 3 is 2.77 bits per heavy atom. The van der Waals surface area contributed by atoms with Gasteiger partial charge in [0, 0.05) is 29.8 Å². The molecule has 0 saturated heterocycles. The van der Waals surface area contributed by atoms with Crippen LogP contribution in [0.5, 0.6) is 0 Å². The van der Waals surface area contributed by atoms with Crippen molar-refractivity contribution >= 4 is 34.0 Å². The molecule has 0 aliphatic heterocycles. The van der Waals surface area contributed by atoms with Gasteiger partial charge < -0.3 is 9.84 Å². The summed E-state index contributed by atoms with van der Waals surface area (Å²) in [5, 5.41) is 16.8. The van der Waals surface area contributed by atoms with Gasteiger partial charge in [0.1, 0.15) is 5.01 Å². The summed E-state index contributed by atoms with van der Waals surface area (Å²) < 4.78 is 5.20. The van der Waals surface area contributed by atoms with E-state index < -0.39 is 0 Å². The van der Waals surface area contributed by atoms with Gasteiger partial charge in [0.25, 0.3) is 0 Å². The molecule has 0 saturated carbocycles. The van der Waals surface area contributed by atoms with Gasteiger partial charge in [0.15, 0.2) is 0 Å². The zero-order valence-corrected chi connectivity index (χ0v) is 16.0. The van der Waals surface area contributed by atoms with Crippen LogP contribution >= 0.6 is 22.9 Å². The van der Waals surface area contributed by atoms with Crippen molar-refractivity contribution in [1.82, 2.24) is 20.3 Å². The molecule has 0 spiro atoms. The normalized spacial score (nSPS) is 11.1. The molecule has 0 aliphatic rings. The van der Waals surface area contributed by atoms with Gasteiger partial charge in [0.2, 0.25) is 22.8 Å². The van der Waals surface area contributed by atoms with Crippen molar-refractivity contribution < 1.29 is 9.32 Å². The fourth-order valence-electron chi connectivity index (χ4n) is 2.21. The van der Waals surface area contributed by atoms with E-state index in [2.05, 4.69) is 39.5 Å². The first-order valence-corrected chi connectivity index (χ1v) is 9.40. The summed E-state index contributed by atoms with van der Waals surface area (Å²) in [6.07, 6.45) is 1.43. The van der Waals surface area contributed by atoms with E-state index in [0.717, 1.165) is 17.0 Å². The van der Waals surface area contributed by atoms with Crippen LogP contribution < -0.4 is 5.32 Å². The van der Waals surface area contributed by atoms with Crippen molar-refractivity contribution in [3.05, 3.63) is 40.2 Å². The lowest BCUT2D eigenvalue weighted by Gasteiger charge is -1.99. The molecule has 0 bridgehead atoms. The summed E-state index contributed by atoms with van der Waals surface area (Å²) in [5.41, 5.74) is 0.806. The van der Waals surface area contributed by atoms with Crippen molar-refractivity contribution in [2.75, 3.05) is 5.32 Å². The van der Waals surface area contributed by atoms with Crippen LogP contribution in [-0.2, 0) is 17.6 Å². The second-order valence-electron chi connectivity index (χ2n) is 6.17. The number of nitrogens with one attached hydrogen (secondary N) is 1. The zero-order chi connectivity index (χ0) is 18.5. The number of amides is 1. The lowest BCUT2D eigenvalue weighted by molar-refractivity contribution is -0.116. The number of nitrogens with zero attached hydrogens (tertiary/aromatic N) is 4. The van der Waals surface area contributed by atoms with E-state index in [-0.39, 0.29) is 12.3 Å². The molecule has 0 aliphatic carbocycles. The number of anilines is 1. The number of aryl methyl sites for hydroxylation is 1. The SMILES string of the molecule is CC(C)Cc1nnc(NC(=O)CCc2nc(-c3ccc(Cl)cc3)no2)s1. The molecule has 2 heterocycles. The van der Waals surface area contributed by atoms with Gasteiger partial charge in [-0.15, -0.1) is 10.2 Å². The Morgan fingerprint density at radius 1 is 1.27 bits per heavy atom. The number of halogens is 1. The minimum Gasteiger partial charge on any atom is -0.339 e. The van der Waals surface area contributed by atoms with E-state index in [1.165, 1.54) is 11.3 Å². The summed E-state index contributed by atoms with van der Waals surface area (Å²) in [6.45, 7) is 4.23. The predicted molar refractivity (Wildman–Crippen MR) is 100 cm³/mol. The molecule has 0 fully saturated rings. The molecular weight excluding hydrogens is 374 g/mol. The number of rotatable bonds is 7. The summed E-state index contributed by atoms with van der Waals surface area (Å²) in [6, 6.07) is 7.15. The van der Waals surface area contributed by atoms with Crippen LogP contribution in [-0.4, -0.2) is 26.2 Å². The topological polar surface area (TPSA) is 93.8 Å². The molecule has 1 aromatic carbocycles. The van der Waals surface area contributed by atoms with Gasteiger partial charge in [-0.05, 0) is 30.2 Å². The number of carbonyl (C=O) groups excluding carboxylic acids is 1. The van der Waals surface area contributed by atoms with Crippen molar-refractivity contribution in [2.45, 2.75) is 33.1 Å². The predicted octanol–water partition coefficient (Wildman–Crippen LogP) is 4.01. The lowest BCUT2D eigenvalue weighted by atomic mass is 10.1. The van der Waals surface area contributed by atoms with Crippen LogP contribution in [0.3, 0.4) is 0 Å². The van der Waals surface area contributed by atoms with Gasteiger partial charge in [-0.1, -0.05) is 41.9 Å². The van der Waals surface area contributed by atoms with E-state index in [1.54, 1.807) is 12.1 Å².